The molecule has 2 fully saturated rings. The van der Waals surface area contributed by atoms with Gasteiger partial charge in [-0.25, -0.2) is 9.96 Å². The van der Waals surface area contributed by atoms with E-state index in [0.29, 0.717) is 11.4 Å². The molecule has 3 unspecified atom stereocenters. The van der Waals surface area contributed by atoms with Crippen LogP contribution in [0, 0.1) is 5.92 Å². The van der Waals surface area contributed by atoms with Crippen LogP contribution in [0.2, 0.25) is 0 Å². The molecule has 2 aliphatic rings. The van der Waals surface area contributed by atoms with Crippen molar-refractivity contribution >= 4 is 23.2 Å². The summed E-state index contributed by atoms with van der Waals surface area (Å²) in [6.07, 6.45) is -0.896. The van der Waals surface area contributed by atoms with E-state index in [1.54, 1.807) is 29.3 Å². The number of imide groups is 1. The fraction of sp³-hybridized carbons (Fsp3) is 0.167. The van der Waals surface area contributed by atoms with Crippen LogP contribution in [-0.4, -0.2) is 25.0 Å². The number of para-hydroxylation sites is 3. The van der Waals surface area contributed by atoms with E-state index >= 15 is 0 Å². The van der Waals surface area contributed by atoms with Crippen LogP contribution in [0.3, 0.4) is 0 Å². The van der Waals surface area contributed by atoms with Gasteiger partial charge >= 0.3 is 0 Å². The highest BCUT2D eigenvalue weighted by atomic mass is 16.7. The van der Waals surface area contributed by atoms with Crippen molar-refractivity contribution < 1.29 is 19.2 Å². The van der Waals surface area contributed by atoms with Crippen LogP contribution in [0.1, 0.15) is 11.6 Å². The van der Waals surface area contributed by atoms with Gasteiger partial charge in [-0.05, 0) is 29.8 Å². The number of methoxy groups -OCH3 is 1. The van der Waals surface area contributed by atoms with Gasteiger partial charge in [-0.3, -0.25) is 14.4 Å². The van der Waals surface area contributed by atoms with Gasteiger partial charge in [-0.2, -0.15) is 0 Å². The summed E-state index contributed by atoms with van der Waals surface area (Å²) in [5, 5.41) is 1.69. The Balaban J connectivity index is 1.59. The van der Waals surface area contributed by atoms with Crippen LogP contribution < -0.4 is 14.7 Å². The Morgan fingerprint density at radius 1 is 0.800 bits per heavy atom. The maximum absolute atomic E-state index is 13.6. The number of carbonyl (C=O) groups is 2. The van der Waals surface area contributed by atoms with Gasteiger partial charge < -0.3 is 4.74 Å². The molecule has 0 N–H and O–H groups in total. The van der Waals surface area contributed by atoms with Crippen molar-refractivity contribution in [1.82, 2.24) is 0 Å². The lowest BCUT2D eigenvalue weighted by Crippen LogP contribution is -2.37. The summed E-state index contributed by atoms with van der Waals surface area (Å²) in [5.74, 6) is -0.865. The third-order valence-electron chi connectivity index (χ3n) is 5.59. The van der Waals surface area contributed by atoms with E-state index < -0.39 is 18.1 Å². The molecule has 0 aromatic heterocycles. The molecule has 5 rings (SSSR count). The number of rotatable bonds is 4. The minimum atomic E-state index is -0.896. The average Bonchev–Trinajstić information content (AvgIpc) is 3.31. The van der Waals surface area contributed by atoms with Crippen molar-refractivity contribution in [2.45, 2.75) is 12.1 Å². The molecule has 2 saturated heterocycles. The normalized spacial score (nSPS) is 23.0. The van der Waals surface area contributed by atoms with E-state index in [1.165, 1.54) is 12.0 Å². The van der Waals surface area contributed by atoms with Gasteiger partial charge in [0.1, 0.15) is 11.7 Å². The molecule has 3 aromatic rings. The number of hydroxylamine groups is 1. The topological polar surface area (TPSA) is 59.1 Å². The van der Waals surface area contributed by atoms with Crippen molar-refractivity contribution in [3.8, 4) is 5.75 Å². The molecule has 0 spiro atoms. The Labute approximate surface area is 174 Å². The molecule has 0 bridgehead atoms. The minimum absolute atomic E-state index is 0.290. The van der Waals surface area contributed by atoms with E-state index in [4.69, 9.17) is 9.57 Å². The molecule has 3 aromatic carbocycles. The lowest BCUT2D eigenvalue weighted by Gasteiger charge is -2.29. The predicted octanol–water partition coefficient (Wildman–Crippen LogP) is 3.75. The third-order valence-corrected chi connectivity index (χ3v) is 5.59. The van der Waals surface area contributed by atoms with Crippen LogP contribution in [-0.2, 0) is 14.4 Å². The first-order valence-electron chi connectivity index (χ1n) is 9.77. The summed E-state index contributed by atoms with van der Waals surface area (Å²) >= 11 is 0. The fourth-order valence-electron chi connectivity index (χ4n) is 4.25. The molecular formula is C24H20N2O4. The largest absolute Gasteiger partial charge is 0.495 e. The van der Waals surface area contributed by atoms with Gasteiger partial charge in [0.15, 0.2) is 6.10 Å². The Morgan fingerprint density at radius 2 is 1.43 bits per heavy atom. The fourth-order valence-corrected chi connectivity index (χ4v) is 4.25. The van der Waals surface area contributed by atoms with Gasteiger partial charge in [0.05, 0.1) is 24.5 Å². The van der Waals surface area contributed by atoms with Crippen molar-refractivity contribution in [2.24, 2.45) is 5.92 Å². The quantitative estimate of drug-likeness (QED) is 0.625. The molecule has 2 aliphatic heterocycles. The lowest BCUT2D eigenvalue weighted by molar-refractivity contribution is -0.126. The first-order chi connectivity index (χ1) is 14.7. The first-order valence-corrected chi connectivity index (χ1v) is 9.77. The zero-order valence-electron chi connectivity index (χ0n) is 16.3. The maximum atomic E-state index is 13.6. The van der Waals surface area contributed by atoms with E-state index in [2.05, 4.69) is 0 Å². The highest BCUT2D eigenvalue weighted by Crippen LogP contribution is 2.48. The van der Waals surface area contributed by atoms with Crippen LogP contribution >= 0.6 is 0 Å². The SMILES string of the molecule is COc1ccccc1N1C(=O)C2ON(c3ccccc3)C(c3ccccc3)C2C1=O. The molecule has 3 atom stereocenters. The number of ether oxygens (including phenoxy) is 1. The highest BCUT2D eigenvalue weighted by Gasteiger charge is 2.60. The molecule has 0 saturated carbocycles. The summed E-state index contributed by atoms with van der Waals surface area (Å²) in [6, 6.07) is 25.8. The monoisotopic (exact) mass is 400 g/mol. The second-order valence-corrected chi connectivity index (χ2v) is 7.25. The summed E-state index contributed by atoms with van der Waals surface area (Å²) in [6.45, 7) is 0. The number of amides is 2. The number of benzene rings is 3. The Morgan fingerprint density at radius 3 is 2.13 bits per heavy atom. The van der Waals surface area contributed by atoms with Gasteiger partial charge in [-0.15, -0.1) is 0 Å². The average molecular weight is 400 g/mol. The van der Waals surface area contributed by atoms with Crippen LogP contribution in [0.25, 0.3) is 0 Å². The van der Waals surface area contributed by atoms with Crippen molar-refractivity contribution in [3.05, 3.63) is 90.5 Å². The second-order valence-electron chi connectivity index (χ2n) is 7.25. The van der Waals surface area contributed by atoms with E-state index in [-0.39, 0.29) is 11.8 Å². The zero-order chi connectivity index (χ0) is 20.7. The third kappa shape index (κ3) is 2.76. The van der Waals surface area contributed by atoms with Crippen LogP contribution in [0.15, 0.2) is 84.9 Å². The van der Waals surface area contributed by atoms with Gasteiger partial charge in [-0.1, -0.05) is 60.7 Å². The molecule has 6 nitrogen and oxygen atoms in total. The Bertz CT molecular complexity index is 1090. The second kappa shape index (κ2) is 7.31. The van der Waals surface area contributed by atoms with E-state index in [9.17, 15) is 9.59 Å². The summed E-state index contributed by atoms with van der Waals surface area (Å²) in [7, 11) is 1.52. The molecule has 2 heterocycles. The van der Waals surface area contributed by atoms with Gasteiger partial charge in [0.2, 0.25) is 5.91 Å². The molecule has 150 valence electrons. The van der Waals surface area contributed by atoms with E-state index in [1.807, 2.05) is 60.7 Å². The molecule has 0 radical (unpaired) electrons. The van der Waals surface area contributed by atoms with Crippen molar-refractivity contribution in [1.29, 1.82) is 0 Å². The molecular weight excluding hydrogens is 380 g/mol. The van der Waals surface area contributed by atoms with E-state index in [0.717, 1.165) is 11.3 Å². The lowest BCUT2D eigenvalue weighted by atomic mass is 9.90. The standard InChI is InChI=1S/C24H20N2O4/c1-29-19-15-9-8-14-18(19)25-23(27)20-21(16-10-4-2-5-11-16)26(30-22(20)24(25)28)17-12-6-3-7-13-17/h2-15,20-22H,1H3. The molecule has 2 amide bonds. The van der Waals surface area contributed by atoms with Gasteiger partial charge in [0, 0.05) is 0 Å². The zero-order valence-corrected chi connectivity index (χ0v) is 16.3. The number of hydrogen-bond donors (Lipinski definition) is 0. The number of hydrogen-bond acceptors (Lipinski definition) is 5. The minimum Gasteiger partial charge on any atom is -0.495 e. The smallest absolute Gasteiger partial charge is 0.266 e. The summed E-state index contributed by atoms with van der Waals surface area (Å²) in [4.78, 5) is 34.2. The van der Waals surface area contributed by atoms with Gasteiger partial charge in [0.25, 0.3) is 5.91 Å². The molecule has 6 heteroatoms. The van der Waals surface area contributed by atoms with Crippen molar-refractivity contribution in [2.75, 3.05) is 17.1 Å². The van der Waals surface area contributed by atoms with Crippen LogP contribution in [0.5, 0.6) is 5.75 Å². The first kappa shape index (κ1) is 18.4. The molecule has 30 heavy (non-hydrogen) atoms. The Kier molecular flexibility index (Phi) is 4.48. The van der Waals surface area contributed by atoms with Crippen molar-refractivity contribution in [3.63, 3.8) is 0 Å². The number of fused-ring (bicyclic) bond motifs is 1. The number of anilines is 2. The summed E-state index contributed by atoms with van der Waals surface area (Å²) in [5.41, 5.74) is 2.15. The predicted molar refractivity (Wildman–Crippen MR) is 112 cm³/mol. The maximum Gasteiger partial charge on any atom is 0.266 e. The Hall–Kier alpha value is -3.64. The summed E-state index contributed by atoms with van der Waals surface area (Å²) < 4.78 is 5.38. The molecule has 0 aliphatic carbocycles. The number of nitrogens with zero attached hydrogens (tertiary/aromatic N) is 2. The highest BCUT2D eigenvalue weighted by molar-refractivity contribution is 6.24. The van der Waals surface area contributed by atoms with Crippen LogP contribution in [0.4, 0.5) is 11.4 Å². The number of carbonyl (C=O) groups excluding carboxylic acids is 2.